The number of rotatable bonds is 2. The summed E-state index contributed by atoms with van der Waals surface area (Å²) in [6, 6.07) is 4.41. The van der Waals surface area contributed by atoms with Crippen LogP contribution in [0, 0.1) is 10.1 Å². The van der Waals surface area contributed by atoms with Crippen molar-refractivity contribution in [1.29, 1.82) is 0 Å². The van der Waals surface area contributed by atoms with E-state index in [0.717, 1.165) is 0 Å². The predicted molar refractivity (Wildman–Crippen MR) is 53.2 cm³/mol. The fraction of sp³-hybridized carbons (Fsp3) is 0. The van der Waals surface area contributed by atoms with E-state index in [-0.39, 0.29) is 5.69 Å². The average Bonchev–Trinajstić information content (AvgIpc) is 2.27. The number of nitro groups is 1. The molecule has 0 amide bonds. The summed E-state index contributed by atoms with van der Waals surface area (Å²) in [6.45, 7) is 0. The Kier molecular flexibility index (Phi) is 2.18. The maximum atomic E-state index is 10.7. The van der Waals surface area contributed by atoms with Crippen LogP contribution < -0.4 is 10.7 Å². The van der Waals surface area contributed by atoms with Crippen molar-refractivity contribution in [2.45, 2.75) is 0 Å². The normalized spacial score (nSPS) is 10.2. The quantitative estimate of drug-likeness (QED) is 0.590. The van der Waals surface area contributed by atoms with Crippen LogP contribution in [0.4, 0.5) is 5.69 Å². The topological polar surface area (TPSA) is 91.3 Å². The molecule has 0 radical (unpaired) electrons. The van der Waals surface area contributed by atoms with E-state index in [1.54, 1.807) is 6.07 Å². The molecule has 6 nitrogen and oxygen atoms in total. The summed E-state index contributed by atoms with van der Waals surface area (Å²) in [5, 5.41) is 11.7. The van der Waals surface area contributed by atoms with E-state index in [1.165, 1.54) is 24.5 Å². The van der Waals surface area contributed by atoms with E-state index >= 15 is 0 Å². The lowest BCUT2D eigenvalue weighted by Crippen LogP contribution is -2.02. The summed E-state index contributed by atoms with van der Waals surface area (Å²) in [7, 11) is 0. The van der Waals surface area contributed by atoms with Gasteiger partial charge >= 0.3 is 0 Å². The Bertz CT molecular complexity index is 527. The van der Waals surface area contributed by atoms with E-state index < -0.39 is 4.92 Å². The molecule has 0 aliphatic carbocycles. The Hall–Kier alpha value is -2.21. The van der Waals surface area contributed by atoms with Crippen LogP contribution in [0.15, 0.2) is 30.6 Å². The predicted octanol–water partition coefficient (Wildman–Crippen LogP) is 1.40. The Balaban J connectivity index is 2.83. The number of nitro benzene ring substituents is 1. The van der Waals surface area contributed by atoms with E-state index in [1.807, 2.05) is 0 Å². The molecular weight excluding hydrogens is 198 g/mol. The molecule has 2 N–H and O–H groups in total. The number of aromatic nitrogens is 1. The van der Waals surface area contributed by atoms with Gasteiger partial charge in [0.05, 0.1) is 10.3 Å². The number of benzene rings is 1. The van der Waals surface area contributed by atoms with Crippen molar-refractivity contribution in [3.05, 3.63) is 40.7 Å². The molecule has 0 spiro atoms. The molecule has 2 aromatic rings. The zero-order valence-electron chi connectivity index (χ0n) is 7.58. The second-order valence-electron chi connectivity index (χ2n) is 2.88. The number of fused-ring (bicyclic) bond motifs is 1. The molecule has 0 saturated carbocycles. The molecule has 6 heteroatoms. The first-order chi connectivity index (χ1) is 7.24. The van der Waals surface area contributed by atoms with Crippen molar-refractivity contribution in [2.24, 2.45) is 5.90 Å². The number of nitrogens with zero attached hydrogens (tertiary/aromatic N) is 2. The van der Waals surface area contributed by atoms with Crippen LogP contribution in [0.3, 0.4) is 0 Å². The van der Waals surface area contributed by atoms with E-state index in [2.05, 4.69) is 9.82 Å². The van der Waals surface area contributed by atoms with Gasteiger partial charge < -0.3 is 4.84 Å². The van der Waals surface area contributed by atoms with E-state index in [9.17, 15) is 10.1 Å². The summed E-state index contributed by atoms with van der Waals surface area (Å²) in [6.07, 6.45) is 2.94. The van der Waals surface area contributed by atoms with Crippen LogP contribution in [0.25, 0.3) is 10.8 Å². The first-order valence-corrected chi connectivity index (χ1v) is 4.12. The van der Waals surface area contributed by atoms with Gasteiger partial charge in [-0.3, -0.25) is 15.1 Å². The number of non-ortho nitro benzene ring substituents is 1. The molecule has 0 aliphatic rings. The van der Waals surface area contributed by atoms with Gasteiger partial charge in [0.2, 0.25) is 0 Å². The lowest BCUT2D eigenvalue weighted by molar-refractivity contribution is -0.383. The lowest BCUT2D eigenvalue weighted by Gasteiger charge is -2.03. The maximum absolute atomic E-state index is 10.7. The van der Waals surface area contributed by atoms with Gasteiger partial charge in [-0.25, -0.2) is 0 Å². The summed E-state index contributed by atoms with van der Waals surface area (Å²) < 4.78 is 0. The van der Waals surface area contributed by atoms with Crippen LogP contribution in [-0.2, 0) is 0 Å². The molecule has 0 bridgehead atoms. The molecule has 0 saturated heterocycles. The van der Waals surface area contributed by atoms with Crippen LogP contribution in [0.1, 0.15) is 0 Å². The Morgan fingerprint density at radius 3 is 2.80 bits per heavy atom. The molecule has 0 aliphatic heterocycles. The molecular formula is C9H7N3O3. The van der Waals surface area contributed by atoms with Gasteiger partial charge in [-0.2, -0.15) is 5.90 Å². The zero-order chi connectivity index (χ0) is 10.8. The van der Waals surface area contributed by atoms with Crippen LogP contribution in [0.5, 0.6) is 5.75 Å². The third kappa shape index (κ3) is 1.46. The smallest absolute Gasteiger partial charge is 0.279 e. The molecule has 0 fully saturated rings. The van der Waals surface area contributed by atoms with E-state index in [4.69, 9.17) is 5.90 Å². The highest BCUT2D eigenvalue weighted by molar-refractivity contribution is 5.94. The maximum Gasteiger partial charge on any atom is 0.279 e. The molecule has 1 heterocycles. The minimum Gasteiger partial charge on any atom is -0.411 e. The van der Waals surface area contributed by atoms with Crippen LogP contribution in [0.2, 0.25) is 0 Å². The SMILES string of the molecule is NOc1ccc([N+](=O)[O-])c2cnccc12. The summed E-state index contributed by atoms with van der Waals surface area (Å²) in [4.78, 5) is 18.7. The molecule has 76 valence electrons. The number of hydrogen-bond acceptors (Lipinski definition) is 5. The highest BCUT2D eigenvalue weighted by atomic mass is 16.6. The zero-order valence-corrected chi connectivity index (χ0v) is 7.58. The minimum atomic E-state index is -0.468. The lowest BCUT2D eigenvalue weighted by atomic mass is 10.1. The van der Waals surface area contributed by atoms with Gasteiger partial charge in [-0.1, -0.05) is 0 Å². The minimum absolute atomic E-state index is 0.0149. The van der Waals surface area contributed by atoms with Crippen molar-refractivity contribution in [2.75, 3.05) is 0 Å². The highest BCUT2D eigenvalue weighted by Gasteiger charge is 2.14. The second kappa shape index (κ2) is 3.50. The summed E-state index contributed by atoms with van der Waals surface area (Å²) in [5.74, 6) is 5.44. The third-order valence-electron chi connectivity index (χ3n) is 2.08. The average molecular weight is 205 g/mol. The van der Waals surface area contributed by atoms with Crippen LogP contribution >= 0.6 is 0 Å². The van der Waals surface area contributed by atoms with Crippen LogP contribution in [-0.4, -0.2) is 9.91 Å². The molecule has 0 atom stereocenters. The third-order valence-corrected chi connectivity index (χ3v) is 2.08. The largest absolute Gasteiger partial charge is 0.411 e. The number of hydrogen-bond donors (Lipinski definition) is 1. The molecule has 1 aromatic carbocycles. The van der Waals surface area contributed by atoms with Gasteiger partial charge in [-0.05, 0) is 12.1 Å². The van der Waals surface area contributed by atoms with Crippen molar-refractivity contribution in [1.82, 2.24) is 4.98 Å². The Morgan fingerprint density at radius 2 is 2.13 bits per heavy atom. The molecule has 0 unspecified atom stereocenters. The standard InChI is InChI=1S/C9H7N3O3/c10-15-9-2-1-8(12(13)14)7-5-11-4-3-6(7)9/h1-5H,10H2. The van der Waals surface area contributed by atoms with Gasteiger partial charge in [0, 0.05) is 23.8 Å². The fourth-order valence-electron chi connectivity index (χ4n) is 1.41. The first-order valence-electron chi connectivity index (χ1n) is 4.12. The van der Waals surface area contributed by atoms with Crippen molar-refractivity contribution >= 4 is 16.5 Å². The van der Waals surface area contributed by atoms with E-state index in [0.29, 0.717) is 16.5 Å². The van der Waals surface area contributed by atoms with Gasteiger partial charge in [0.25, 0.3) is 5.69 Å². The summed E-state index contributed by atoms with van der Waals surface area (Å²) in [5.41, 5.74) is -0.0149. The molecule has 15 heavy (non-hydrogen) atoms. The highest BCUT2D eigenvalue weighted by Crippen LogP contribution is 2.31. The van der Waals surface area contributed by atoms with Gasteiger partial charge in [-0.15, -0.1) is 0 Å². The van der Waals surface area contributed by atoms with Gasteiger partial charge in [0.1, 0.15) is 0 Å². The van der Waals surface area contributed by atoms with Gasteiger partial charge in [0.15, 0.2) is 5.75 Å². The van der Waals surface area contributed by atoms with Crippen molar-refractivity contribution in [3.63, 3.8) is 0 Å². The Morgan fingerprint density at radius 1 is 1.33 bits per heavy atom. The summed E-state index contributed by atoms with van der Waals surface area (Å²) >= 11 is 0. The number of nitrogens with two attached hydrogens (primary N) is 1. The first kappa shape index (κ1) is 9.35. The number of pyridine rings is 1. The monoisotopic (exact) mass is 205 g/mol. The van der Waals surface area contributed by atoms with Crippen molar-refractivity contribution in [3.8, 4) is 5.75 Å². The molecule has 1 aromatic heterocycles. The second-order valence-corrected chi connectivity index (χ2v) is 2.88. The fourth-order valence-corrected chi connectivity index (χ4v) is 1.41. The molecule has 2 rings (SSSR count). The van der Waals surface area contributed by atoms with Crippen molar-refractivity contribution < 1.29 is 9.76 Å². The Labute approximate surface area is 84.4 Å².